The predicted molar refractivity (Wildman–Crippen MR) is 92.5 cm³/mol. The van der Waals surface area contributed by atoms with Crippen LogP contribution in [0.4, 0.5) is 5.69 Å². The minimum Gasteiger partial charge on any atom is -0.468 e. The molecule has 1 N–H and O–H groups in total. The summed E-state index contributed by atoms with van der Waals surface area (Å²) in [5, 5.41) is 2.78. The van der Waals surface area contributed by atoms with Crippen LogP contribution >= 0.6 is 0 Å². The number of nitrogens with one attached hydrogen (secondary N) is 1. The molecule has 0 aromatic heterocycles. The predicted octanol–water partition coefficient (Wildman–Crippen LogP) is 3.23. The van der Waals surface area contributed by atoms with Crippen molar-refractivity contribution >= 4 is 23.1 Å². The maximum absolute atomic E-state index is 12.9. The van der Waals surface area contributed by atoms with Gasteiger partial charge < -0.3 is 10.1 Å². The highest BCUT2D eigenvalue weighted by Crippen LogP contribution is 2.47. The van der Waals surface area contributed by atoms with Crippen molar-refractivity contribution in [3.8, 4) is 0 Å². The number of fused-ring (bicyclic) bond motifs is 1. The molecule has 4 heteroatoms. The van der Waals surface area contributed by atoms with Crippen molar-refractivity contribution in [2.24, 2.45) is 0 Å². The number of hydrogen-bond acceptors (Lipinski definition) is 3. The van der Waals surface area contributed by atoms with Crippen LogP contribution in [0.2, 0.25) is 0 Å². The molecule has 1 atom stereocenters. The zero-order valence-electron chi connectivity index (χ0n) is 13.6. The Morgan fingerprint density at radius 2 is 1.83 bits per heavy atom. The third-order valence-electron chi connectivity index (χ3n) is 4.38. The van der Waals surface area contributed by atoms with Gasteiger partial charge in [-0.15, -0.1) is 5.73 Å². The van der Waals surface area contributed by atoms with Gasteiger partial charge >= 0.3 is 5.97 Å². The molecule has 2 aromatic rings. The zero-order valence-corrected chi connectivity index (χ0v) is 13.6. The van der Waals surface area contributed by atoms with Crippen LogP contribution < -0.4 is 5.32 Å². The van der Waals surface area contributed by atoms with E-state index in [-0.39, 0.29) is 0 Å². The zero-order chi connectivity index (χ0) is 17.3. The molecule has 0 fully saturated rings. The molecule has 0 spiro atoms. The van der Waals surface area contributed by atoms with Crippen molar-refractivity contribution in [2.75, 3.05) is 12.4 Å². The Morgan fingerprint density at radius 3 is 2.50 bits per heavy atom. The summed E-state index contributed by atoms with van der Waals surface area (Å²) >= 11 is 0. The maximum Gasteiger partial charge on any atom is 0.331 e. The fraction of sp³-hybridized carbons (Fsp3) is 0.150. The summed E-state index contributed by atoms with van der Waals surface area (Å²) in [6.45, 7) is 5.66. The fourth-order valence-corrected chi connectivity index (χ4v) is 3.25. The number of hydrogen-bond donors (Lipinski definition) is 1. The number of carbonyl (C=O) groups is 2. The van der Waals surface area contributed by atoms with Gasteiger partial charge in [-0.3, -0.25) is 9.59 Å². The highest BCUT2D eigenvalue weighted by Gasteiger charge is 2.57. The number of ether oxygens (including phenoxy) is 1. The number of methoxy groups -OCH3 is 1. The summed E-state index contributed by atoms with van der Waals surface area (Å²) in [4.78, 5) is 25.8. The molecule has 120 valence electrons. The number of amides is 1. The standard InChI is InChI=1S/C20H17NO3/c1-4-15(14-10-6-5-9-13(14)2)20(19(23)24-3)16-11-7-8-12-17(16)21-18(20)22/h5-12H,1H2,2-3H3,(H,21,22). The molecule has 24 heavy (non-hydrogen) atoms. The topological polar surface area (TPSA) is 55.4 Å². The summed E-state index contributed by atoms with van der Waals surface area (Å²) in [5.74, 6) is -1.11. The van der Waals surface area contributed by atoms with Crippen LogP contribution in [0.25, 0.3) is 5.57 Å². The molecule has 1 heterocycles. The average molecular weight is 319 g/mol. The van der Waals surface area contributed by atoms with Gasteiger partial charge in [-0.1, -0.05) is 49.0 Å². The molecule has 4 nitrogen and oxygen atoms in total. The van der Waals surface area contributed by atoms with Crippen LogP contribution in [0.5, 0.6) is 0 Å². The fourth-order valence-electron chi connectivity index (χ4n) is 3.25. The second-order valence-electron chi connectivity index (χ2n) is 5.61. The molecule has 2 aromatic carbocycles. The Bertz CT molecular complexity index is 883. The van der Waals surface area contributed by atoms with Crippen LogP contribution in [0.3, 0.4) is 0 Å². The minimum absolute atomic E-state index is 0.398. The van der Waals surface area contributed by atoms with Gasteiger partial charge in [0.15, 0.2) is 0 Å². The highest BCUT2D eigenvalue weighted by molar-refractivity contribution is 6.27. The molecule has 1 amide bonds. The van der Waals surface area contributed by atoms with Crippen LogP contribution in [-0.2, 0) is 19.7 Å². The molecule has 0 radical (unpaired) electrons. The first-order chi connectivity index (χ1) is 11.6. The van der Waals surface area contributed by atoms with Gasteiger partial charge in [-0.2, -0.15) is 0 Å². The first kappa shape index (κ1) is 15.8. The number of anilines is 1. The quantitative estimate of drug-likeness (QED) is 0.537. The second kappa shape index (κ2) is 5.84. The Labute approximate surface area is 140 Å². The van der Waals surface area contributed by atoms with E-state index >= 15 is 0 Å². The minimum atomic E-state index is -1.61. The van der Waals surface area contributed by atoms with Gasteiger partial charge in [0.05, 0.1) is 7.11 Å². The van der Waals surface area contributed by atoms with E-state index in [1.807, 2.05) is 31.2 Å². The van der Waals surface area contributed by atoms with Gasteiger partial charge in [0.25, 0.3) is 5.91 Å². The van der Waals surface area contributed by atoms with Crippen LogP contribution in [0.1, 0.15) is 16.7 Å². The van der Waals surface area contributed by atoms with Crippen molar-refractivity contribution in [3.05, 3.63) is 77.5 Å². The van der Waals surface area contributed by atoms with Crippen molar-refractivity contribution in [3.63, 3.8) is 0 Å². The normalized spacial score (nSPS) is 18.3. The molecule has 0 saturated heterocycles. The largest absolute Gasteiger partial charge is 0.468 e. The maximum atomic E-state index is 12.9. The molecule has 0 aliphatic carbocycles. The molecule has 3 rings (SSSR count). The van der Waals surface area contributed by atoms with Crippen LogP contribution in [0, 0.1) is 6.92 Å². The van der Waals surface area contributed by atoms with Gasteiger partial charge in [-0.05, 0) is 24.1 Å². The Hall–Kier alpha value is -3.10. The van der Waals surface area contributed by atoms with Crippen LogP contribution in [0.15, 0.2) is 60.8 Å². The summed E-state index contributed by atoms with van der Waals surface area (Å²) in [5.41, 5.74) is 4.42. The molecule has 0 bridgehead atoms. The lowest BCUT2D eigenvalue weighted by molar-refractivity contribution is -0.147. The van der Waals surface area contributed by atoms with Gasteiger partial charge in [0, 0.05) is 16.8 Å². The number of carbonyl (C=O) groups excluding carboxylic acids is 2. The van der Waals surface area contributed by atoms with Crippen molar-refractivity contribution in [1.82, 2.24) is 0 Å². The third-order valence-corrected chi connectivity index (χ3v) is 4.38. The second-order valence-corrected chi connectivity index (χ2v) is 5.61. The van der Waals surface area contributed by atoms with Crippen molar-refractivity contribution in [2.45, 2.75) is 12.3 Å². The van der Waals surface area contributed by atoms with E-state index in [2.05, 4.69) is 17.6 Å². The number of aryl methyl sites for hydroxylation is 1. The first-order valence-corrected chi connectivity index (χ1v) is 7.53. The first-order valence-electron chi connectivity index (χ1n) is 7.53. The SMILES string of the molecule is C=C=C(c1ccccc1C)C1(C(=O)OC)C(=O)Nc2ccccc21. The van der Waals surface area contributed by atoms with Crippen LogP contribution in [-0.4, -0.2) is 19.0 Å². The number of esters is 1. The molecule has 0 saturated carbocycles. The molecule has 1 unspecified atom stereocenters. The van der Waals surface area contributed by atoms with E-state index in [4.69, 9.17) is 4.74 Å². The van der Waals surface area contributed by atoms with E-state index in [1.165, 1.54) is 7.11 Å². The number of benzene rings is 2. The van der Waals surface area contributed by atoms with E-state index in [0.29, 0.717) is 16.8 Å². The van der Waals surface area contributed by atoms with Gasteiger partial charge in [0.1, 0.15) is 0 Å². The summed E-state index contributed by atoms with van der Waals surface area (Å²) in [6, 6.07) is 14.6. The van der Waals surface area contributed by atoms with E-state index in [9.17, 15) is 9.59 Å². The summed E-state index contributed by atoms with van der Waals surface area (Å²) in [6.07, 6.45) is 0. The molecular weight excluding hydrogens is 302 g/mol. The highest BCUT2D eigenvalue weighted by atomic mass is 16.5. The lowest BCUT2D eigenvalue weighted by Gasteiger charge is -2.27. The Morgan fingerprint density at radius 1 is 1.17 bits per heavy atom. The monoisotopic (exact) mass is 319 g/mol. The lowest BCUT2D eigenvalue weighted by atomic mass is 9.72. The van der Waals surface area contributed by atoms with Gasteiger partial charge in [0.2, 0.25) is 5.41 Å². The summed E-state index contributed by atoms with van der Waals surface area (Å²) < 4.78 is 5.02. The van der Waals surface area contributed by atoms with Crippen molar-refractivity contribution < 1.29 is 14.3 Å². The molecule has 1 aliphatic heterocycles. The average Bonchev–Trinajstić information content (AvgIpc) is 2.89. The van der Waals surface area contributed by atoms with E-state index in [0.717, 1.165) is 11.1 Å². The number of para-hydroxylation sites is 1. The third kappa shape index (κ3) is 2.01. The van der Waals surface area contributed by atoms with Gasteiger partial charge in [-0.25, -0.2) is 0 Å². The Kier molecular flexibility index (Phi) is 3.84. The lowest BCUT2D eigenvalue weighted by Crippen LogP contribution is -2.44. The number of rotatable bonds is 3. The van der Waals surface area contributed by atoms with Crippen molar-refractivity contribution in [1.29, 1.82) is 0 Å². The summed E-state index contributed by atoms with van der Waals surface area (Å²) in [7, 11) is 1.27. The molecule has 1 aliphatic rings. The molecular formula is C20H17NO3. The van der Waals surface area contributed by atoms with E-state index in [1.54, 1.807) is 24.3 Å². The Balaban J connectivity index is 2.37. The van der Waals surface area contributed by atoms with E-state index < -0.39 is 17.3 Å². The smallest absolute Gasteiger partial charge is 0.331 e.